The first kappa shape index (κ1) is 13.1. The summed E-state index contributed by atoms with van der Waals surface area (Å²) in [6, 6.07) is 6.13. The van der Waals surface area contributed by atoms with E-state index < -0.39 is 6.04 Å². The Kier molecular flexibility index (Phi) is 5.44. The van der Waals surface area contributed by atoms with Gasteiger partial charge in [-0.15, -0.1) is 0 Å². The second kappa shape index (κ2) is 6.62. The molecule has 0 saturated heterocycles. The summed E-state index contributed by atoms with van der Waals surface area (Å²) >= 11 is 3.27. The summed E-state index contributed by atoms with van der Waals surface area (Å²) in [5, 5.41) is 12.0. The lowest BCUT2D eigenvalue weighted by molar-refractivity contribution is 0.551. The molecule has 2 nitrogen and oxygen atoms in total. The molecule has 16 heavy (non-hydrogen) atoms. The van der Waals surface area contributed by atoms with Crippen LogP contribution in [0.15, 0.2) is 22.7 Å². The quantitative estimate of drug-likeness (QED) is 0.840. The molecule has 0 bridgehead atoms. The van der Waals surface area contributed by atoms with E-state index in [1.165, 1.54) is 6.07 Å². The highest BCUT2D eigenvalue weighted by Gasteiger charge is 2.14. The van der Waals surface area contributed by atoms with Crippen LogP contribution in [0.2, 0.25) is 0 Å². The Hall–Kier alpha value is -0.920. The number of benzene rings is 1. The zero-order valence-electron chi connectivity index (χ0n) is 9.13. The largest absolute Gasteiger partial charge is 0.298 e. The van der Waals surface area contributed by atoms with Gasteiger partial charge in [0.25, 0.3) is 0 Å². The van der Waals surface area contributed by atoms with Gasteiger partial charge in [0, 0.05) is 10.0 Å². The summed E-state index contributed by atoms with van der Waals surface area (Å²) < 4.78 is 14.3. The van der Waals surface area contributed by atoms with E-state index in [-0.39, 0.29) is 5.82 Å². The topological polar surface area (TPSA) is 35.8 Å². The van der Waals surface area contributed by atoms with Gasteiger partial charge in [0.1, 0.15) is 11.9 Å². The number of unbranched alkanes of at least 4 members (excludes halogenated alkanes) is 1. The van der Waals surface area contributed by atoms with E-state index in [1.807, 2.05) is 0 Å². The first-order chi connectivity index (χ1) is 7.69. The van der Waals surface area contributed by atoms with E-state index in [4.69, 9.17) is 5.26 Å². The molecule has 1 atom stereocenters. The van der Waals surface area contributed by atoms with Crippen molar-refractivity contribution >= 4 is 15.9 Å². The van der Waals surface area contributed by atoms with Gasteiger partial charge in [-0.3, -0.25) is 5.32 Å². The lowest BCUT2D eigenvalue weighted by atomic mass is 10.1. The number of hydrogen-bond donors (Lipinski definition) is 1. The minimum absolute atomic E-state index is 0.348. The van der Waals surface area contributed by atoms with Crippen LogP contribution >= 0.6 is 15.9 Å². The van der Waals surface area contributed by atoms with E-state index in [0.717, 1.165) is 23.9 Å². The fourth-order valence-electron chi connectivity index (χ4n) is 1.38. The molecule has 0 aliphatic rings. The van der Waals surface area contributed by atoms with Crippen molar-refractivity contribution in [3.63, 3.8) is 0 Å². The molecule has 1 rings (SSSR count). The second-order valence-corrected chi connectivity index (χ2v) is 4.45. The SMILES string of the molecule is CCCCNC(C#N)c1cc(Br)ccc1F. The number of rotatable bonds is 5. The summed E-state index contributed by atoms with van der Waals surface area (Å²) in [4.78, 5) is 0. The predicted octanol–water partition coefficient (Wildman–Crippen LogP) is 3.54. The van der Waals surface area contributed by atoms with Gasteiger partial charge in [0.2, 0.25) is 0 Å². The van der Waals surface area contributed by atoms with Crippen LogP contribution in [0.5, 0.6) is 0 Å². The lowest BCUT2D eigenvalue weighted by Gasteiger charge is -2.12. The Bertz CT molecular complexity index is 387. The van der Waals surface area contributed by atoms with Crippen molar-refractivity contribution in [2.45, 2.75) is 25.8 Å². The molecule has 1 aromatic carbocycles. The molecule has 86 valence electrons. The molecule has 1 aromatic rings. The Morgan fingerprint density at radius 1 is 1.56 bits per heavy atom. The van der Waals surface area contributed by atoms with Gasteiger partial charge in [0.05, 0.1) is 6.07 Å². The number of nitriles is 1. The number of halogens is 2. The van der Waals surface area contributed by atoms with Crippen molar-refractivity contribution in [2.75, 3.05) is 6.54 Å². The highest BCUT2D eigenvalue weighted by molar-refractivity contribution is 9.10. The van der Waals surface area contributed by atoms with Gasteiger partial charge in [0.15, 0.2) is 0 Å². The summed E-state index contributed by atoms with van der Waals surface area (Å²) in [5.41, 5.74) is 0.396. The fourth-order valence-corrected chi connectivity index (χ4v) is 1.76. The smallest absolute Gasteiger partial charge is 0.129 e. The van der Waals surface area contributed by atoms with E-state index >= 15 is 0 Å². The predicted molar refractivity (Wildman–Crippen MR) is 65.4 cm³/mol. The van der Waals surface area contributed by atoms with Gasteiger partial charge in [-0.25, -0.2) is 4.39 Å². The zero-order valence-corrected chi connectivity index (χ0v) is 10.7. The van der Waals surface area contributed by atoms with Gasteiger partial charge in [-0.05, 0) is 31.2 Å². The second-order valence-electron chi connectivity index (χ2n) is 3.54. The molecule has 0 aliphatic heterocycles. The highest BCUT2D eigenvalue weighted by Crippen LogP contribution is 2.21. The van der Waals surface area contributed by atoms with E-state index in [9.17, 15) is 4.39 Å². The van der Waals surface area contributed by atoms with Crippen LogP contribution in [-0.2, 0) is 0 Å². The van der Waals surface area contributed by atoms with Crippen molar-refractivity contribution in [3.8, 4) is 6.07 Å². The normalized spacial score (nSPS) is 12.1. The third-order valence-corrected chi connectivity index (χ3v) is 2.77. The van der Waals surface area contributed by atoms with Crippen LogP contribution in [0.4, 0.5) is 4.39 Å². The zero-order chi connectivity index (χ0) is 12.0. The molecule has 0 radical (unpaired) electrons. The van der Waals surface area contributed by atoms with Crippen molar-refractivity contribution in [1.82, 2.24) is 5.32 Å². The molecule has 0 amide bonds. The minimum atomic E-state index is -0.580. The van der Waals surface area contributed by atoms with Crippen molar-refractivity contribution < 1.29 is 4.39 Å². The fraction of sp³-hybridized carbons (Fsp3) is 0.417. The Balaban J connectivity index is 2.79. The molecule has 0 aromatic heterocycles. The number of nitrogens with zero attached hydrogens (tertiary/aromatic N) is 1. The first-order valence-electron chi connectivity index (χ1n) is 5.27. The molecule has 1 unspecified atom stereocenters. The van der Waals surface area contributed by atoms with Gasteiger partial charge < -0.3 is 0 Å². The maximum Gasteiger partial charge on any atom is 0.129 e. The van der Waals surface area contributed by atoms with Gasteiger partial charge >= 0.3 is 0 Å². The first-order valence-corrected chi connectivity index (χ1v) is 6.06. The van der Waals surface area contributed by atoms with Crippen molar-refractivity contribution in [2.24, 2.45) is 0 Å². The van der Waals surface area contributed by atoms with Crippen LogP contribution in [0.3, 0.4) is 0 Å². The summed E-state index contributed by atoms with van der Waals surface area (Å²) in [6.07, 6.45) is 2.03. The van der Waals surface area contributed by atoms with Crippen LogP contribution in [0.25, 0.3) is 0 Å². The summed E-state index contributed by atoms with van der Waals surface area (Å²) in [6.45, 7) is 2.80. The Labute approximate surface area is 104 Å². The lowest BCUT2D eigenvalue weighted by Crippen LogP contribution is -2.22. The monoisotopic (exact) mass is 284 g/mol. The molecule has 0 spiro atoms. The third kappa shape index (κ3) is 3.58. The van der Waals surface area contributed by atoms with Crippen LogP contribution in [-0.4, -0.2) is 6.54 Å². The van der Waals surface area contributed by atoms with E-state index in [0.29, 0.717) is 5.56 Å². The highest BCUT2D eigenvalue weighted by atomic mass is 79.9. The summed E-state index contributed by atoms with van der Waals surface area (Å²) in [5.74, 6) is -0.348. The van der Waals surface area contributed by atoms with Crippen molar-refractivity contribution in [1.29, 1.82) is 5.26 Å². The summed E-state index contributed by atoms with van der Waals surface area (Å²) in [7, 11) is 0. The van der Waals surface area contributed by atoms with E-state index in [1.54, 1.807) is 12.1 Å². The van der Waals surface area contributed by atoms with E-state index in [2.05, 4.69) is 34.2 Å². The number of hydrogen-bond acceptors (Lipinski definition) is 2. The average molecular weight is 285 g/mol. The number of nitrogens with one attached hydrogen (secondary N) is 1. The van der Waals surface area contributed by atoms with Crippen molar-refractivity contribution in [3.05, 3.63) is 34.1 Å². The van der Waals surface area contributed by atoms with Gasteiger partial charge in [-0.2, -0.15) is 5.26 Å². The van der Waals surface area contributed by atoms with Crippen LogP contribution in [0.1, 0.15) is 31.4 Å². The maximum absolute atomic E-state index is 13.5. The Morgan fingerprint density at radius 2 is 2.31 bits per heavy atom. The molecular weight excluding hydrogens is 271 g/mol. The van der Waals surface area contributed by atoms with Gasteiger partial charge in [-0.1, -0.05) is 29.3 Å². The van der Waals surface area contributed by atoms with Crippen LogP contribution in [0, 0.1) is 17.1 Å². The molecule has 0 saturated carbocycles. The molecule has 0 aliphatic carbocycles. The average Bonchev–Trinajstić information content (AvgIpc) is 2.28. The molecule has 1 N–H and O–H groups in total. The molecule has 0 fully saturated rings. The van der Waals surface area contributed by atoms with Crippen LogP contribution < -0.4 is 5.32 Å². The Morgan fingerprint density at radius 3 is 2.94 bits per heavy atom. The minimum Gasteiger partial charge on any atom is -0.298 e. The molecular formula is C12H14BrFN2. The standard InChI is InChI=1S/C12H14BrFN2/c1-2-3-6-16-12(8-15)10-7-9(13)4-5-11(10)14/h4-5,7,12,16H,2-3,6H2,1H3. The third-order valence-electron chi connectivity index (χ3n) is 2.28. The molecule has 0 heterocycles. The molecule has 4 heteroatoms. The maximum atomic E-state index is 13.5.